The summed E-state index contributed by atoms with van der Waals surface area (Å²) in [6.07, 6.45) is 4.19. The van der Waals surface area contributed by atoms with Crippen LogP contribution in [0.1, 0.15) is 32.6 Å². The highest BCUT2D eigenvalue weighted by Crippen LogP contribution is 2.18. The van der Waals surface area contributed by atoms with Crippen molar-refractivity contribution >= 4 is 9.84 Å². The average Bonchev–Trinajstić information content (AvgIpc) is 2.84. The summed E-state index contributed by atoms with van der Waals surface area (Å²) in [4.78, 5) is 0. The van der Waals surface area contributed by atoms with Crippen LogP contribution < -0.4 is 5.32 Å². The second-order valence-electron chi connectivity index (χ2n) is 3.73. The summed E-state index contributed by atoms with van der Waals surface area (Å²) < 4.78 is 22.7. The average molecular weight is 205 g/mol. The summed E-state index contributed by atoms with van der Waals surface area (Å²) in [5.74, 6) is 0.666. The van der Waals surface area contributed by atoms with Gasteiger partial charge in [-0.25, -0.2) is 8.42 Å². The molecular weight excluding hydrogens is 186 g/mol. The number of sulfone groups is 1. The molecule has 1 aliphatic carbocycles. The predicted molar refractivity (Wildman–Crippen MR) is 54.6 cm³/mol. The third-order valence-corrected chi connectivity index (χ3v) is 3.97. The Morgan fingerprint density at radius 3 is 2.54 bits per heavy atom. The molecule has 13 heavy (non-hydrogen) atoms. The lowest BCUT2D eigenvalue weighted by molar-refractivity contribution is 0.587. The summed E-state index contributed by atoms with van der Waals surface area (Å²) in [5, 5.41) is 3.21. The van der Waals surface area contributed by atoms with Gasteiger partial charge in [0.25, 0.3) is 0 Å². The number of hydrogen-bond donors (Lipinski definition) is 1. The van der Waals surface area contributed by atoms with E-state index in [-0.39, 0.29) is 0 Å². The van der Waals surface area contributed by atoms with Gasteiger partial charge < -0.3 is 5.32 Å². The minimum Gasteiger partial charge on any atom is -0.313 e. The summed E-state index contributed by atoms with van der Waals surface area (Å²) in [6, 6.07) is 0.612. The van der Waals surface area contributed by atoms with Crippen LogP contribution in [0.15, 0.2) is 0 Å². The molecule has 1 saturated carbocycles. The Bertz CT molecular complexity index is 232. The highest BCUT2D eigenvalue weighted by Gasteiger charge is 2.20. The molecule has 1 rings (SSSR count). The van der Waals surface area contributed by atoms with E-state index in [1.165, 1.54) is 12.8 Å². The Kier molecular flexibility index (Phi) is 4.19. The van der Waals surface area contributed by atoms with Crippen molar-refractivity contribution in [3.8, 4) is 0 Å². The van der Waals surface area contributed by atoms with Gasteiger partial charge in [-0.2, -0.15) is 0 Å². The smallest absolute Gasteiger partial charge is 0.151 e. The molecule has 0 saturated heterocycles. The van der Waals surface area contributed by atoms with Gasteiger partial charge in [0.05, 0.1) is 11.5 Å². The third kappa shape index (κ3) is 5.26. The van der Waals surface area contributed by atoms with Crippen LogP contribution in [-0.4, -0.2) is 32.5 Å². The first-order valence-corrected chi connectivity index (χ1v) is 6.90. The molecule has 0 aromatic carbocycles. The monoisotopic (exact) mass is 205 g/mol. The Labute approximate surface area is 80.8 Å². The first kappa shape index (κ1) is 11.0. The molecule has 0 bridgehead atoms. The van der Waals surface area contributed by atoms with Crippen molar-refractivity contribution < 1.29 is 8.42 Å². The molecule has 1 fully saturated rings. The van der Waals surface area contributed by atoms with Gasteiger partial charge in [0, 0.05) is 12.6 Å². The first-order valence-electron chi connectivity index (χ1n) is 5.08. The number of unbranched alkanes of at least 4 members (excludes halogenated alkanes) is 1. The molecule has 0 spiro atoms. The fourth-order valence-electron chi connectivity index (χ4n) is 1.17. The first-order chi connectivity index (χ1) is 6.14. The van der Waals surface area contributed by atoms with E-state index >= 15 is 0 Å². The van der Waals surface area contributed by atoms with Crippen LogP contribution in [0.5, 0.6) is 0 Å². The molecule has 0 aliphatic heterocycles. The molecule has 3 nitrogen and oxygen atoms in total. The van der Waals surface area contributed by atoms with Gasteiger partial charge >= 0.3 is 0 Å². The van der Waals surface area contributed by atoms with Gasteiger partial charge in [-0.1, -0.05) is 13.3 Å². The fourth-order valence-corrected chi connectivity index (χ4v) is 2.53. The minimum absolute atomic E-state index is 0.309. The van der Waals surface area contributed by atoms with Crippen LogP contribution in [-0.2, 0) is 9.84 Å². The number of nitrogens with one attached hydrogen (secondary N) is 1. The van der Waals surface area contributed by atoms with Crippen molar-refractivity contribution in [3.05, 3.63) is 0 Å². The highest BCUT2D eigenvalue weighted by molar-refractivity contribution is 7.91. The summed E-state index contributed by atoms with van der Waals surface area (Å²) in [7, 11) is -2.77. The molecule has 0 unspecified atom stereocenters. The van der Waals surface area contributed by atoms with Crippen molar-refractivity contribution in [2.24, 2.45) is 0 Å². The van der Waals surface area contributed by atoms with Crippen molar-refractivity contribution in [1.82, 2.24) is 5.32 Å². The van der Waals surface area contributed by atoms with Gasteiger partial charge in [-0.15, -0.1) is 0 Å². The van der Waals surface area contributed by atoms with Gasteiger partial charge in [0.1, 0.15) is 0 Å². The normalized spacial score (nSPS) is 17.6. The molecule has 0 aromatic heterocycles. The van der Waals surface area contributed by atoms with Gasteiger partial charge in [0.15, 0.2) is 9.84 Å². The van der Waals surface area contributed by atoms with E-state index < -0.39 is 9.84 Å². The Morgan fingerprint density at radius 2 is 2.00 bits per heavy atom. The minimum atomic E-state index is -2.77. The molecule has 0 atom stereocenters. The van der Waals surface area contributed by atoms with Crippen LogP contribution in [0.3, 0.4) is 0 Å². The lowest BCUT2D eigenvalue weighted by atomic mass is 10.4. The van der Waals surface area contributed by atoms with Crippen LogP contribution in [0.25, 0.3) is 0 Å². The summed E-state index contributed by atoms with van der Waals surface area (Å²) >= 11 is 0. The second-order valence-corrected chi connectivity index (χ2v) is 6.04. The molecule has 1 aliphatic rings. The third-order valence-electron chi connectivity index (χ3n) is 2.23. The molecular formula is C9H19NO2S. The van der Waals surface area contributed by atoms with E-state index in [0.717, 1.165) is 12.8 Å². The zero-order valence-corrected chi connectivity index (χ0v) is 9.07. The van der Waals surface area contributed by atoms with Crippen molar-refractivity contribution in [3.63, 3.8) is 0 Å². The maximum atomic E-state index is 11.4. The number of rotatable bonds is 7. The standard InChI is InChI=1S/C9H19NO2S/c1-2-3-7-13(11,12)8-6-10-9-4-5-9/h9-10H,2-8H2,1H3. The fraction of sp³-hybridized carbons (Fsp3) is 1.00. The lowest BCUT2D eigenvalue weighted by Gasteiger charge is -2.03. The molecule has 0 radical (unpaired) electrons. The Morgan fingerprint density at radius 1 is 1.31 bits per heavy atom. The highest BCUT2D eigenvalue weighted by atomic mass is 32.2. The predicted octanol–water partition coefficient (Wildman–Crippen LogP) is 0.953. The molecule has 4 heteroatoms. The molecule has 0 amide bonds. The van der Waals surface area contributed by atoms with Crippen LogP contribution in [0, 0.1) is 0 Å². The molecule has 1 N–H and O–H groups in total. The van der Waals surface area contributed by atoms with Gasteiger partial charge in [0.2, 0.25) is 0 Å². The second kappa shape index (κ2) is 4.96. The van der Waals surface area contributed by atoms with Gasteiger partial charge in [-0.3, -0.25) is 0 Å². The quantitative estimate of drug-likeness (QED) is 0.673. The van der Waals surface area contributed by atoms with E-state index in [9.17, 15) is 8.42 Å². The molecule has 0 aromatic rings. The number of hydrogen-bond acceptors (Lipinski definition) is 3. The van der Waals surface area contributed by atoms with Gasteiger partial charge in [-0.05, 0) is 19.3 Å². The SMILES string of the molecule is CCCCS(=O)(=O)CCNC1CC1. The maximum Gasteiger partial charge on any atom is 0.151 e. The van der Waals surface area contributed by atoms with E-state index in [1.54, 1.807) is 0 Å². The maximum absolute atomic E-state index is 11.4. The summed E-state index contributed by atoms with van der Waals surface area (Å²) in [5.41, 5.74) is 0. The molecule has 78 valence electrons. The van der Waals surface area contributed by atoms with Crippen LogP contribution in [0.4, 0.5) is 0 Å². The topological polar surface area (TPSA) is 46.2 Å². The van der Waals surface area contributed by atoms with Crippen LogP contribution in [0.2, 0.25) is 0 Å². The van der Waals surface area contributed by atoms with Crippen LogP contribution >= 0.6 is 0 Å². The lowest BCUT2D eigenvalue weighted by Crippen LogP contribution is -2.25. The van der Waals surface area contributed by atoms with E-state index in [0.29, 0.717) is 24.1 Å². The Hall–Kier alpha value is -0.0900. The van der Waals surface area contributed by atoms with E-state index in [2.05, 4.69) is 5.32 Å². The Balaban J connectivity index is 2.09. The van der Waals surface area contributed by atoms with Crippen molar-refractivity contribution in [2.45, 2.75) is 38.6 Å². The van der Waals surface area contributed by atoms with Crippen molar-refractivity contribution in [2.75, 3.05) is 18.1 Å². The summed E-state index contributed by atoms with van der Waals surface area (Å²) in [6.45, 7) is 2.65. The van der Waals surface area contributed by atoms with Crippen molar-refractivity contribution in [1.29, 1.82) is 0 Å². The van der Waals surface area contributed by atoms with E-state index in [4.69, 9.17) is 0 Å². The largest absolute Gasteiger partial charge is 0.313 e. The molecule has 0 heterocycles. The zero-order valence-electron chi connectivity index (χ0n) is 8.25. The van der Waals surface area contributed by atoms with E-state index in [1.807, 2.05) is 6.92 Å². The zero-order chi connectivity index (χ0) is 9.73.